The Morgan fingerprint density at radius 3 is 2.78 bits per heavy atom. The van der Waals surface area contributed by atoms with Crippen LogP contribution >= 0.6 is 11.3 Å². The van der Waals surface area contributed by atoms with Gasteiger partial charge in [0, 0.05) is 24.4 Å². The Hall–Kier alpha value is -1.62. The highest BCUT2D eigenvalue weighted by molar-refractivity contribution is 7.10. The second kappa shape index (κ2) is 6.87. The van der Waals surface area contributed by atoms with Crippen molar-refractivity contribution >= 4 is 23.2 Å². The largest absolute Gasteiger partial charge is 0.338 e. The molecule has 3 heterocycles. The van der Waals surface area contributed by atoms with Gasteiger partial charge in [0.1, 0.15) is 0 Å². The molecule has 2 unspecified atom stereocenters. The Balaban J connectivity index is 1.62. The van der Waals surface area contributed by atoms with Crippen molar-refractivity contribution < 1.29 is 9.59 Å². The van der Waals surface area contributed by atoms with Crippen LogP contribution < -0.4 is 0 Å². The molecule has 2 atom stereocenters. The van der Waals surface area contributed by atoms with Crippen molar-refractivity contribution in [3.63, 3.8) is 0 Å². The third kappa shape index (κ3) is 3.34. The highest BCUT2D eigenvalue weighted by atomic mass is 32.1. The van der Waals surface area contributed by atoms with Gasteiger partial charge in [0.15, 0.2) is 0 Å². The standard InChI is InChI=1S/C18H24N2O2S/c1-3-17(21)20-10-8-16-15(20)5-4-9-19(16)18(22)7-6-14-11-13(2)12-23-14/h3,11-12,15-16H,1,4-10H2,2H3. The number of hydrogen-bond acceptors (Lipinski definition) is 3. The molecule has 0 N–H and O–H groups in total. The van der Waals surface area contributed by atoms with Crippen LogP contribution in [0.5, 0.6) is 0 Å². The molecule has 2 aliphatic heterocycles. The van der Waals surface area contributed by atoms with Crippen molar-refractivity contribution in [2.24, 2.45) is 0 Å². The first-order chi connectivity index (χ1) is 11.1. The van der Waals surface area contributed by atoms with E-state index in [0.717, 1.165) is 38.8 Å². The number of amides is 2. The third-order valence-electron chi connectivity index (χ3n) is 4.96. The molecule has 3 rings (SSSR count). The van der Waals surface area contributed by atoms with Crippen molar-refractivity contribution in [3.8, 4) is 0 Å². The lowest BCUT2D eigenvalue weighted by Gasteiger charge is -2.39. The first kappa shape index (κ1) is 16.2. The molecule has 2 saturated heterocycles. The van der Waals surface area contributed by atoms with Crippen LogP contribution in [0.3, 0.4) is 0 Å². The average molecular weight is 332 g/mol. The summed E-state index contributed by atoms with van der Waals surface area (Å²) in [6, 6.07) is 2.55. The molecule has 2 fully saturated rings. The van der Waals surface area contributed by atoms with E-state index in [9.17, 15) is 9.59 Å². The fourth-order valence-corrected chi connectivity index (χ4v) is 4.76. The SMILES string of the molecule is C=CC(=O)N1CCC2C1CCCN2C(=O)CCc1cc(C)cs1. The van der Waals surface area contributed by atoms with E-state index in [1.807, 2.05) is 9.80 Å². The van der Waals surface area contributed by atoms with Crippen molar-refractivity contribution in [3.05, 3.63) is 34.5 Å². The molecule has 124 valence electrons. The molecule has 2 aliphatic rings. The number of fused-ring (bicyclic) bond motifs is 1. The molecule has 0 saturated carbocycles. The van der Waals surface area contributed by atoms with E-state index in [1.54, 1.807) is 11.3 Å². The quantitative estimate of drug-likeness (QED) is 0.796. The number of likely N-dealkylation sites (tertiary alicyclic amines) is 2. The molecule has 1 aromatic heterocycles. The third-order valence-corrected chi connectivity index (χ3v) is 6.07. The summed E-state index contributed by atoms with van der Waals surface area (Å²) in [5.41, 5.74) is 1.27. The van der Waals surface area contributed by atoms with Gasteiger partial charge >= 0.3 is 0 Å². The van der Waals surface area contributed by atoms with Gasteiger partial charge in [-0.25, -0.2) is 0 Å². The molecule has 2 amide bonds. The van der Waals surface area contributed by atoms with Crippen LogP contribution in [0, 0.1) is 6.92 Å². The molecule has 0 aromatic carbocycles. The van der Waals surface area contributed by atoms with E-state index in [2.05, 4.69) is 24.9 Å². The monoisotopic (exact) mass is 332 g/mol. The Kier molecular flexibility index (Phi) is 4.85. The smallest absolute Gasteiger partial charge is 0.246 e. The second-order valence-electron chi connectivity index (χ2n) is 6.48. The summed E-state index contributed by atoms with van der Waals surface area (Å²) in [5.74, 6) is 0.236. The van der Waals surface area contributed by atoms with Crippen molar-refractivity contribution in [2.45, 2.75) is 51.1 Å². The van der Waals surface area contributed by atoms with Gasteiger partial charge < -0.3 is 9.80 Å². The maximum absolute atomic E-state index is 12.7. The summed E-state index contributed by atoms with van der Waals surface area (Å²) in [5, 5.41) is 2.13. The molecular weight excluding hydrogens is 308 g/mol. The van der Waals surface area contributed by atoms with E-state index in [4.69, 9.17) is 0 Å². The summed E-state index contributed by atoms with van der Waals surface area (Å²) in [4.78, 5) is 29.9. The first-order valence-corrected chi connectivity index (χ1v) is 9.24. The molecular formula is C18H24N2O2S. The lowest BCUT2D eigenvalue weighted by molar-refractivity contribution is -0.137. The van der Waals surface area contributed by atoms with E-state index < -0.39 is 0 Å². The molecule has 0 bridgehead atoms. The van der Waals surface area contributed by atoms with E-state index in [0.29, 0.717) is 6.42 Å². The van der Waals surface area contributed by atoms with Crippen LogP contribution in [-0.4, -0.2) is 46.8 Å². The summed E-state index contributed by atoms with van der Waals surface area (Å²) < 4.78 is 0. The van der Waals surface area contributed by atoms with E-state index >= 15 is 0 Å². The van der Waals surface area contributed by atoms with Crippen molar-refractivity contribution in [1.82, 2.24) is 9.80 Å². The first-order valence-electron chi connectivity index (χ1n) is 8.36. The van der Waals surface area contributed by atoms with Crippen LogP contribution in [0.1, 0.15) is 36.1 Å². The van der Waals surface area contributed by atoms with Gasteiger partial charge in [0.2, 0.25) is 11.8 Å². The van der Waals surface area contributed by atoms with Crippen molar-refractivity contribution in [2.75, 3.05) is 13.1 Å². The fourth-order valence-electron chi connectivity index (χ4n) is 3.88. The zero-order chi connectivity index (χ0) is 16.4. The van der Waals surface area contributed by atoms with Gasteiger partial charge in [-0.05, 0) is 55.7 Å². The predicted molar refractivity (Wildman–Crippen MR) is 92.4 cm³/mol. The van der Waals surface area contributed by atoms with E-state index in [1.165, 1.54) is 16.5 Å². The predicted octanol–water partition coefficient (Wildman–Crippen LogP) is 2.77. The summed E-state index contributed by atoms with van der Waals surface area (Å²) >= 11 is 1.73. The minimum atomic E-state index is 0.000796. The molecule has 5 heteroatoms. The summed E-state index contributed by atoms with van der Waals surface area (Å²) in [7, 11) is 0. The topological polar surface area (TPSA) is 40.6 Å². The molecule has 23 heavy (non-hydrogen) atoms. The minimum Gasteiger partial charge on any atom is -0.338 e. The Morgan fingerprint density at radius 1 is 1.30 bits per heavy atom. The maximum atomic E-state index is 12.7. The van der Waals surface area contributed by atoms with Gasteiger partial charge in [-0.15, -0.1) is 11.3 Å². The second-order valence-corrected chi connectivity index (χ2v) is 7.47. The number of rotatable bonds is 4. The number of piperidine rings is 1. The van der Waals surface area contributed by atoms with E-state index in [-0.39, 0.29) is 23.9 Å². The van der Waals surface area contributed by atoms with Crippen molar-refractivity contribution in [1.29, 1.82) is 0 Å². The number of aryl methyl sites for hydroxylation is 2. The zero-order valence-electron chi connectivity index (χ0n) is 13.7. The molecule has 0 aliphatic carbocycles. The van der Waals surface area contributed by atoms with Gasteiger partial charge in [-0.3, -0.25) is 9.59 Å². The van der Waals surface area contributed by atoms with Gasteiger partial charge in [-0.1, -0.05) is 6.58 Å². The maximum Gasteiger partial charge on any atom is 0.246 e. The fraction of sp³-hybridized carbons (Fsp3) is 0.556. The number of carbonyl (C=O) groups is 2. The molecule has 0 spiro atoms. The minimum absolute atomic E-state index is 0.000796. The van der Waals surface area contributed by atoms with Gasteiger partial charge in [0.05, 0.1) is 12.1 Å². The summed E-state index contributed by atoms with van der Waals surface area (Å²) in [6.45, 7) is 7.25. The highest BCUT2D eigenvalue weighted by Gasteiger charge is 2.42. The Morgan fingerprint density at radius 2 is 2.09 bits per heavy atom. The highest BCUT2D eigenvalue weighted by Crippen LogP contribution is 2.31. The van der Waals surface area contributed by atoms with Crippen LogP contribution in [0.15, 0.2) is 24.1 Å². The molecule has 1 aromatic rings. The Bertz CT molecular complexity index is 610. The van der Waals surface area contributed by atoms with Gasteiger partial charge in [0.25, 0.3) is 0 Å². The number of hydrogen-bond donors (Lipinski definition) is 0. The van der Waals surface area contributed by atoms with Crippen LogP contribution in [0.2, 0.25) is 0 Å². The van der Waals surface area contributed by atoms with Crippen LogP contribution in [-0.2, 0) is 16.0 Å². The summed E-state index contributed by atoms with van der Waals surface area (Å²) in [6.07, 6.45) is 5.65. The average Bonchev–Trinajstić information content (AvgIpc) is 3.17. The normalized spacial score (nSPS) is 23.7. The number of nitrogens with zero attached hydrogens (tertiary/aromatic N) is 2. The lowest BCUT2D eigenvalue weighted by atomic mass is 9.96. The lowest BCUT2D eigenvalue weighted by Crippen LogP contribution is -2.52. The van der Waals surface area contributed by atoms with Crippen LogP contribution in [0.25, 0.3) is 0 Å². The molecule has 0 radical (unpaired) electrons. The number of carbonyl (C=O) groups excluding carboxylic acids is 2. The van der Waals surface area contributed by atoms with Crippen LogP contribution in [0.4, 0.5) is 0 Å². The number of thiophene rings is 1. The molecule has 4 nitrogen and oxygen atoms in total. The zero-order valence-corrected chi connectivity index (χ0v) is 14.5. The van der Waals surface area contributed by atoms with Gasteiger partial charge in [-0.2, -0.15) is 0 Å². The Labute approximate surface area is 141 Å².